The Kier molecular flexibility index (Phi) is 9.39. The molecule has 0 amide bonds. The van der Waals surface area contributed by atoms with Gasteiger partial charge in [0, 0.05) is 16.8 Å². The second kappa shape index (κ2) is 13.7. The van der Waals surface area contributed by atoms with E-state index in [0.29, 0.717) is 11.5 Å². The molecule has 0 heterocycles. The van der Waals surface area contributed by atoms with E-state index in [1.807, 2.05) is 24.3 Å². The van der Waals surface area contributed by atoms with Crippen LogP contribution >= 0.6 is 0 Å². The van der Waals surface area contributed by atoms with Gasteiger partial charge in [0.15, 0.2) is 0 Å². The van der Waals surface area contributed by atoms with E-state index >= 15 is 0 Å². The molecule has 0 aromatic heterocycles. The first kappa shape index (κ1) is 35.1. The zero-order valence-electron chi connectivity index (χ0n) is 28.3. The number of ether oxygens (including phenoxy) is 2. The zero-order chi connectivity index (χ0) is 36.0. The standard InChI is InChI=1S/C41H42F6N2O2/c42-40(43,44)35-21-27(48)11-17-37(35)50-29-13-15-33(31(23-29)25-7-1-2-8-25)39(19-5-6-20-39)34-16-14-30(24-32(34)26-9-3-4-10-26)51-38-18-12-28(49)22-36(38)41(45,46)47/h11-18,21-26H,1-10,19-20,48-49H2. The van der Waals surface area contributed by atoms with E-state index in [4.69, 9.17) is 20.9 Å². The Balaban J connectivity index is 1.32. The molecule has 4 N–H and O–H groups in total. The highest BCUT2D eigenvalue weighted by molar-refractivity contribution is 5.56. The Morgan fingerprint density at radius 1 is 0.510 bits per heavy atom. The van der Waals surface area contributed by atoms with E-state index in [9.17, 15) is 26.3 Å². The molecular weight excluding hydrogens is 666 g/mol. The first-order chi connectivity index (χ1) is 24.3. The summed E-state index contributed by atoms with van der Waals surface area (Å²) in [5, 5.41) is 0. The molecule has 0 spiro atoms. The second-order valence-electron chi connectivity index (χ2n) is 14.5. The summed E-state index contributed by atoms with van der Waals surface area (Å²) in [6.45, 7) is 0. The minimum Gasteiger partial charge on any atom is -0.457 e. The van der Waals surface area contributed by atoms with Crippen molar-refractivity contribution >= 4 is 11.4 Å². The number of alkyl halides is 6. The molecule has 4 nitrogen and oxygen atoms in total. The lowest BCUT2D eigenvalue weighted by atomic mass is 9.67. The van der Waals surface area contributed by atoms with Crippen molar-refractivity contribution in [3.8, 4) is 23.0 Å². The predicted molar refractivity (Wildman–Crippen MR) is 186 cm³/mol. The lowest BCUT2D eigenvalue weighted by molar-refractivity contribution is -0.139. The Bertz CT molecular complexity index is 1750. The fraction of sp³-hybridized carbons (Fsp3) is 0.415. The van der Waals surface area contributed by atoms with Gasteiger partial charge in [0.05, 0.1) is 0 Å². The third-order valence-corrected chi connectivity index (χ3v) is 11.2. The minimum atomic E-state index is -4.64. The van der Waals surface area contributed by atoms with Crippen molar-refractivity contribution in [3.63, 3.8) is 0 Å². The van der Waals surface area contributed by atoms with Gasteiger partial charge in [-0.25, -0.2) is 0 Å². The van der Waals surface area contributed by atoms with E-state index in [2.05, 4.69) is 0 Å². The molecule has 0 radical (unpaired) electrons. The van der Waals surface area contributed by atoms with Crippen molar-refractivity contribution in [1.29, 1.82) is 0 Å². The number of benzene rings is 4. The molecule has 10 heteroatoms. The quantitative estimate of drug-likeness (QED) is 0.141. The number of nitrogens with two attached hydrogens (primary N) is 2. The van der Waals surface area contributed by atoms with Gasteiger partial charge in [-0.05, 0) is 133 Å². The molecule has 4 aromatic rings. The normalized spacial score (nSPS) is 18.4. The van der Waals surface area contributed by atoms with Gasteiger partial charge in [-0.15, -0.1) is 0 Å². The second-order valence-corrected chi connectivity index (χ2v) is 14.5. The molecule has 3 fully saturated rings. The van der Waals surface area contributed by atoms with E-state index in [0.717, 1.165) is 100 Å². The lowest BCUT2D eigenvalue weighted by Gasteiger charge is -2.37. The highest BCUT2D eigenvalue weighted by Crippen LogP contribution is 2.55. The van der Waals surface area contributed by atoms with Crippen molar-refractivity contribution in [2.24, 2.45) is 0 Å². The number of halogens is 6. The summed E-state index contributed by atoms with van der Waals surface area (Å²) in [7, 11) is 0. The Morgan fingerprint density at radius 2 is 0.902 bits per heavy atom. The van der Waals surface area contributed by atoms with E-state index < -0.39 is 23.5 Å². The van der Waals surface area contributed by atoms with E-state index in [1.165, 1.54) is 35.4 Å². The van der Waals surface area contributed by atoms with Gasteiger partial charge in [-0.1, -0.05) is 50.7 Å². The fourth-order valence-corrected chi connectivity index (χ4v) is 8.86. The summed E-state index contributed by atoms with van der Waals surface area (Å²) in [6, 6.07) is 18.6. The molecule has 4 aromatic carbocycles. The Morgan fingerprint density at radius 3 is 1.27 bits per heavy atom. The van der Waals surface area contributed by atoms with Gasteiger partial charge >= 0.3 is 12.4 Å². The van der Waals surface area contributed by atoms with Crippen molar-refractivity contribution in [2.75, 3.05) is 11.5 Å². The molecule has 3 aliphatic rings. The van der Waals surface area contributed by atoms with Crippen LogP contribution in [0, 0.1) is 0 Å². The summed E-state index contributed by atoms with van der Waals surface area (Å²) >= 11 is 0. The largest absolute Gasteiger partial charge is 0.457 e. The van der Waals surface area contributed by atoms with Crippen LogP contribution in [-0.4, -0.2) is 0 Å². The summed E-state index contributed by atoms with van der Waals surface area (Å²) in [6.07, 6.45) is 2.72. The van der Waals surface area contributed by atoms with Gasteiger partial charge in [0.1, 0.15) is 34.1 Å². The molecular formula is C41H42F6N2O2. The first-order valence-electron chi connectivity index (χ1n) is 17.9. The maximum atomic E-state index is 14.0. The zero-order valence-corrected chi connectivity index (χ0v) is 28.3. The van der Waals surface area contributed by atoms with Gasteiger partial charge in [0.2, 0.25) is 0 Å². The van der Waals surface area contributed by atoms with Gasteiger partial charge in [0.25, 0.3) is 0 Å². The average molecular weight is 709 g/mol. The fourth-order valence-electron chi connectivity index (χ4n) is 8.86. The monoisotopic (exact) mass is 708 g/mol. The summed E-state index contributed by atoms with van der Waals surface area (Å²) < 4.78 is 95.8. The molecule has 3 saturated carbocycles. The minimum absolute atomic E-state index is 0.00332. The maximum Gasteiger partial charge on any atom is 0.420 e. The third-order valence-electron chi connectivity index (χ3n) is 11.2. The number of rotatable bonds is 8. The highest BCUT2D eigenvalue weighted by Gasteiger charge is 2.43. The molecule has 0 unspecified atom stereocenters. The molecule has 0 aliphatic heterocycles. The van der Waals surface area contributed by atoms with Crippen LogP contribution in [0.2, 0.25) is 0 Å². The molecule has 51 heavy (non-hydrogen) atoms. The van der Waals surface area contributed by atoms with Crippen molar-refractivity contribution in [3.05, 3.63) is 106 Å². The first-order valence-corrected chi connectivity index (χ1v) is 17.9. The van der Waals surface area contributed by atoms with Crippen LogP contribution in [0.15, 0.2) is 72.8 Å². The number of hydrogen-bond donors (Lipinski definition) is 2. The Labute approximate surface area is 294 Å². The van der Waals surface area contributed by atoms with Crippen molar-refractivity contribution in [1.82, 2.24) is 0 Å². The molecule has 270 valence electrons. The van der Waals surface area contributed by atoms with Gasteiger partial charge < -0.3 is 20.9 Å². The molecule has 0 bridgehead atoms. The van der Waals surface area contributed by atoms with Crippen LogP contribution in [0.25, 0.3) is 0 Å². The van der Waals surface area contributed by atoms with Crippen molar-refractivity contribution in [2.45, 2.75) is 107 Å². The van der Waals surface area contributed by atoms with E-state index in [1.54, 1.807) is 12.1 Å². The average Bonchev–Trinajstić information content (AvgIpc) is 3.90. The van der Waals surface area contributed by atoms with Crippen LogP contribution < -0.4 is 20.9 Å². The summed E-state index contributed by atoms with van der Waals surface area (Å²) in [5.41, 5.74) is 13.7. The van der Waals surface area contributed by atoms with Crippen LogP contribution in [0.1, 0.15) is 122 Å². The van der Waals surface area contributed by atoms with Crippen LogP contribution in [0.4, 0.5) is 37.7 Å². The smallest absolute Gasteiger partial charge is 0.420 e. The maximum absolute atomic E-state index is 14.0. The summed E-state index contributed by atoms with van der Waals surface area (Å²) in [5.74, 6) is 0.551. The molecule has 7 rings (SSSR count). The lowest BCUT2D eigenvalue weighted by Crippen LogP contribution is -2.28. The molecule has 3 aliphatic carbocycles. The summed E-state index contributed by atoms with van der Waals surface area (Å²) in [4.78, 5) is 0. The Hall–Kier alpha value is -4.34. The third kappa shape index (κ3) is 7.11. The van der Waals surface area contributed by atoms with E-state index in [-0.39, 0.29) is 40.1 Å². The van der Waals surface area contributed by atoms with Crippen LogP contribution in [0.3, 0.4) is 0 Å². The molecule has 0 atom stereocenters. The SMILES string of the molecule is Nc1ccc(Oc2ccc(C3(c4ccc(Oc5ccc(N)cc5C(F)(F)F)cc4C4CCCC4)CCCC3)c(C3CCCC3)c2)c(C(F)(F)F)c1. The van der Waals surface area contributed by atoms with Gasteiger partial charge in [-0.3, -0.25) is 0 Å². The van der Waals surface area contributed by atoms with Crippen molar-refractivity contribution < 1.29 is 35.8 Å². The number of anilines is 2. The topological polar surface area (TPSA) is 70.5 Å². The molecule has 0 saturated heterocycles. The van der Waals surface area contributed by atoms with Crippen LogP contribution in [-0.2, 0) is 17.8 Å². The number of nitrogen functional groups attached to an aromatic ring is 2. The van der Waals surface area contributed by atoms with Gasteiger partial charge in [-0.2, -0.15) is 26.3 Å². The van der Waals surface area contributed by atoms with Crippen LogP contribution in [0.5, 0.6) is 23.0 Å². The number of hydrogen-bond acceptors (Lipinski definition) is 4. The predicted octanol–water partition coefficient (Wildman–Crippen LogP) is 12.6. The highest BCUT2D eigenvalue weighted by atomic mass is 19.4.